The van der Waals surface area contributed by atoms with Crippen LogP contribution in [0, 0.1) is 6.92 Å². The number of rotatable bonds is 5. The fourth-order valence-electron chi connectivity index (χ4n) is 4.09. The maximum Gasteiger partial charge on any atom is 0.221 e. The molecule has 0 spiro atoms. The van der Waals surface area contributed by atoms with Gasteiger partial charge in [0.05, 0.1) is 0 Å². The molecule has 3 nitrogen and oxygen atoms in total. The number of nitrogens with one attached hydrogen (secondary N) is 2. The Morgan fingerprint density at radius 2 is 2.09 bits per heavy atom. The van der Waals surface area contributed by atoms with Crippen molar-refractivity contribution in [3.05, 3.63) is 35.4 Å². The summed E-state index contributed by atoms with van der Waals surface area (Å²) in [4.78, 5) is 12.2. The Balaban J connectivity index is 0.00000192. The SMILES string of the molecule is Cc1cccc(C2(CNC(=O)CC3CCCN3)CCCC2)c1.Cl. The average Bonchev–Trinajstić information content (AvgIpc) is 3.17. The third-order valence-corrected chi connectivity index (χ3v) is 5.41. The van der Waals surface area contributed by atoms with Crippen LogP contribution in [0.4, 0.5) is 0 Å². The molecule has 1 saturated heterocycles. The maximum atomic E-state index is 12.2. The molecule has 23 heavy (non-hydrogen) atoms. The van der Waals surface area contributed by atoms with Gasteiger partial charge in [-0.3, -0.25) is 4.79 Å². The van der Waals surface area contributed by atoms with E-state index in [2.05, 4.69) is 41.8 Å². The molecule has 1 aromatic rings. The Hall–Kier alpha value is -1.06. The maximum absolute atomic E-state index is 12.2. The number of carbonyl (C=O) groups excluding carboxylic acids is 1. The number of benzene rings is 1. The van der Waals surface area contributed by atoms with Crippen molar-refractivity contribution in [2.45, 2.75) is 63.3 Å². The monoisotopic (exact) mass is 336 g/mol. The number of hydrogen-bond donors (Lipinski definition) is 2. The first kappa shape index (κ1) is 18.3. The number of hydrogen-bond acceptors (Lipinski definition) is 2. The van der Waals surface area contributed by atoms with Gasteiger partial charge in [-0.05, 0) is 44.7 Å². The lowest BCUT2D eigenvalue weighted by Crippen LogP contribution is -2.41. The van der Waals surface area contributed by atoms with Crippen LogP contribution in [0.5, 0.6) is 0 Å². The van der Waals surface area contributed by atoms with E-state index in [1.807, 2.05) is 0 Å². The molecule has 0 radical (unpaired) electrons. The van der Waals surface area contributed by atoms with Crippen molar-refractivity contribution in [3.8, 4) is 0 Å². The summed E-state index contributed by atoms with van der Waals surface area (Å²) in [5, 5.41) is 6.63. The normalized spacial score (nSPS) is 22.6. The lowest BCUT2D eigenvalue weighted by Gasteiger charge is -2.30. The summed E-state index contributed by atoms with van der Waals surface area (Å²) in [6.45, 7) is 4.00. The van der Waals surface area contributed by atoms with Crippen LogP contribution in [0.1, 0.15) is 56.1 Å². The summed E-state index contributed by atoms with van der Waals surface area (Å²) in [5.74, 6) is 0.207. The van der Waals surface area contributed by atoms with Crippen molar-refractivity contribution in [3.63, 3.8) is 0 Å². The minimum Gasteiger partial charge on any atom is -0.355 e. The molecule has 1 amide bonds. The third kappa shape index (κ3) is 4.48. The first-order valence-corrected chi connectivity index (χ1v) is 8.75. The van der Waals surface area contributed by atoms with Crippen LogP contribution >= 0.6 is 12.4 Å². The van der Waals surface area contributed by atoms with Crippen LogP contribution < -0.4 is 10.6 Å². The number of halogens is 1. The minimum atomic E-state index is 0. The lowest BCUT2D eigenvalue weighted by atomic mass is 9.78. The highest BCUT2D eigenvalue weighted by atomic mass is 35.5. The van der Waals surface area contributed by atoms with Crippen LogP contribution in [0.15, 0.2) is 24.3 Å². The van der Waals surface area contributed by atoms with E-state index < -0.39 is 0 Å². The molecule has 1 heterocycles. The second-order valence-corrected chi connectivity index (χ2v) is 7.13. The predicted molar refractivity (Wildman–Crippen MR) is 97.2 cm³/mol. The largest absolute Gasteiger partial charge is 0.355 e. The van der Waals surface area contributed by atoms with Gasteiger partial charge in [0.25, 0.3) is 0 Å². The molecule has 4 heteroatoms. The number of amides is 1. The average molecular weight is 337 g/mol. The number of aryl methyl sites for hydroxylation is 1. The molecule has 0 aromatic heterocycles. The van der Waals surface area contributed by atoms with E-state index in [1.54, 1.807) is 0 Å². The molecule has 2 N–H and O–H groups in total. The summed E-state index contributed by atoms with van der Waals surface area (Å²) < 4.78 is 0. The molecule has 2 aliphatic rings. The van der Waals surface area contributed by atoms with Crippen LogP contribution in [-0.4, -0.2) is 25.0 Å². The fourth-order valence-corrected chi connectivity index (χ4v) is 4.09. The van der Waals surface area contributed by atoms with Gasteiger partial charge in [0.2, 0.25) is 5.91 Å². The highest BCUT2D eigenvalue weighted by Gasteiger charge is 2.36. The van der Waals surface area contributed by atoms with E-state index >= 15 is 0 Å². The molecule has 0 bridgehead atoms. The summed E-state index contributed by atoms with van der Waals surface area (Å²) in [7, 11) is 0. The predicted octanol–water partition coefficient (Wildman–Crippen LogP) is 3.49. The van der Waals surface area contributed by atoms with E-state index in [1.165, 1.54) is 43.2 Å². The molecule has 2 fully saturated rings. The van der Waals surface area contributed by atoms with Crippen molar-refractivity contribution in [1.29, 1.82) is 0 Å². The Morgan fingerprint density at radius 1 is 1.30 bits per heavy atom. The van der Waals surface area contributed by atoms with Gasteiger partial charge in [-0.1, -0.05) is 42.7 Å². The number of carbonyl (C=O) groups is 1. The van der Waals surface area contributed by atoms with Crippen LogP contribution in [0.25, 0.3) is 0 Å². The zero-order valence-electron chi connectivity index (χ0n) is 14.1. The van der Waals surface area contributed by atoms with Crippen molar-refractivity contribution < 1.29 is 4.79 Å². The van der Waals surface area contributed by atoms with Crippen LogP contribution in [0.2, 0.25) is 0 Å². The summed E-state index contributed by atoms with van der Waals surface area (Å²) in [6.07, 6.45) is 7.89. The molecule has 3 rings (SSSR count). The molecule has 1 aromatic carbocycles. The molecule has 1 aliphatic heterocycles. The van der Waals surface area contributed by atoms with Gasteiger partial charge in [-0.25, -0.2) is 0 Å². The summed E-state index contributed by atoms with van der Waals surface area (Å²) in [5.41, 5.74) is 2.87. The molecular weight excluding hydrogens is 308 g/mol. The van der Waals surface area contributed by atoms with E-state index in [0.717, 1.165) is 19.5 Å². The van der Waals surface area contributed by atoms with Gasteiger partial charge in [0.15, 0.2) is 0 Å². The van der Waals surface area contributed by atoms with E-state index in [0.29, 0.717) is 12.5 Å². The quantitative estimate of drug-likeness (QED) is 0.864. The Bertz CT molecular complexity index is 520. The third-order valence-electron chi connectivity index (χ3n) is 5.41. The summed E-state index contributed by atoms with van der Waals surface area (Å²) in [6, 6.07) is 9.23. The van der Waals surface area contributed by atoms with Crippen molar-refractivity contribution in [1.82, 2.24) is 10.6 Å². The molecule has 1 aliphatic carbocycles. The van der Waals surface area contributed by atoms with Gasteiger partial charge in [0, 0.05) is 24.4 Å². The van der Waals surface area contributed by atoms with Crippen molar-refractivity contribution in [2.24, 2.45) is 0 Å². The van der Waals surface area contributed by atoms with E-state index in [4.69, 9.17) is 0 Å². The highest BCUT2D eigenvalue weighted by molar-refractivity contribution is 5.85. The first-order chi connectivity index (χ1) is 10.7. The smallest absolute Gasteiger partial charge is 0.221 e. The van der Waals surface area contributed by atoms with Gasteiger partial charge in [-0.15, -0.1) is 12.4 Å². The standard InChI is InChI=1S/C19H28N2O.ClH/c1-15-6-4-7-16(12-15)19(9-2-3-10-19)14-21-18(22)13-17-8-5-11-20-17;/h4,6-7,12,17,20H,2-3,5,8-11,13-14H2,1H3,(H,21,22);1H. The Morgan fingerprint density at radius 3 is 2.74 bits per heavy atom. The second kappa shape index (κ2) is 8.16. The Kier molecular flexibility index (Phi) is 6.49. The fraction of sp³-hybridized carbons (Fsp3) is 0.632. The van der Waals surface area contributed by atoms with Gasteiger partial charge in [-0.2, -0.15) is 0 Å². The van der Waals surface area contributed by atoms with E-state index in [9.17, 15) is 4.79 Å². The zero-order chi connectivity index (χ0) is 15.4. The molecular formula is C19H29ClN2O. The van der Waals surface area contributed by atoms with Crippen LogP contribution in [0.3, 0.4) is 0 Å². The van der Waals surface area contributed by atoms with Gasteiger partial charge >= 0.3 is 0 Å². The molecule has 1 atom stereocenters. The molecule has 128 valence electrons. The lowest BCUT2D eigenvalue weighted by molar-refractivity contribution is -0.121. The van der Waals surface area contributed by atoms with Crippen molar-refractivity contribution >= 4 is 18.3 Å². The van der Waals surface area contributed by atoms with Gasteiger partial charge < -0.3 is 10.6 Å². The van der Waals surface area contributed by atoms with Crippen LogP contribution in [-0.2, 0) is 10.2 Å². The second-order valence-electron chi connectivity index (χ2n) is 7.13. The zero-order valence-corrected chi connectivity index (χ0v) is 14.9. The van der Waals surface area contributed by atoms with E-state index in [-0.39, 0.29) is 23.7 Å². The highest BCUT2D eigenvalue weighted by Crippen LogP contribution is 2.40. The molecule has 1 saturated carbocycles. The summed E-state index contributed by atoms with van der Waals surface area (Å²) >= 11 is 0. The Labute approximate surface area is 146 Å². The minimum absolute atomic E-state index is 0. The van der Waals surface area contributed by atoms with Gasteiger partial charge in [0.1, 0.15) is 0 Å². The first-order valence-electron chi connectivity index (χ1n) is 8.75. The molecule has 1 unspecified atom stereocenters. The van der Waals surface area contributed by atoms with Crippen molar-refractivity contribution in [2.75, 3.05) is 13.1 Å². The topological polar surface area (TPSA) is 41.1 Å².